The predicted molar refractivity (Wildman–Crippen MR) is 233 cm³/mol. The molecule has 0 aliphatic rings. The second kappa shape index (κ2) is 33.2. The molecule has 0 saturated carbocycles. The minimum absolute atomic E-state index is 0. The zero-order valence-electron chi connectivity index (χ0n) is 38.8. The van der Waals surface area contributed by atoms with Gasteiger partial charge >= 0.3 is 85.5 Å². The standard InChI is InChI=1S/C19H35N2P.C19H34N2P.4CHO.K.2Mn.H/c2*1-17(2,3)20-13-15-11-10-12-16(21-15)14-22(18(4,5)6)19(7,8)9;4*1-2;;;;/h10-12,20H,13-14H2,1-9H3;10-12H,13-14H2,1-9H3;4*1H;;;;/q;5*-1;+1;2*+3;-1/p+2. The Morgan fingerprint density at radius 2 is 0.800 bits per heavy atom. The minimum Gasteiger partial charge on any atom is -1.00 e. The zero-order chi connectivity index (χ0) is 42.4. The largest absolute Gasteiger partial charge is 3.00 e. The summed E-state index contributed by atoms with van der Waals surface area (Å²) in [5.74, 6) is 0. The number of hydrogen-bond acceptors (Lipinski definition) is 7. The first-order valence-corrected chi connectivity index (χ1v) is 21.0. The Morgan fingerprint density at radius 1 is 0.527 bits per heavy atom. The molecule has 8 nitrogen and oxygen atoms in total. The number of aromatic nitrogens is 2. The molecule has 0 radical (unpaired) electrons. The van der Waals surface area contributed by atoms with E-state index in [2.05, 4.69) is 193 Å². The van der Waals surface area contributed by atoms with Gasteiger partial charge in [0.1, 0.15) is 0 Å². The monoisotopic (exact) mass is 911 g/mol. The summed E-state index contributed by atoms with van der Waals surface area (Å²) >= 11 is 0. The molecule has 55 heavy (non-hydrogen) atoms. The van der Waals surface area contributed by atoms with Gasteiger partial charge in [0.15, 0.2) is 0 Å². The van der Waals surface area contributed by atoms with Gasteiger partial charge in [-0.3, -0.25) is 37.1 Å². The van der Waals surface area contributed by atoms with Crippen LogP contribution in [0.4, 0.5) is 0 Å². The van der Waals surface area contributed by atoms with Crippen molar-refractivity contribution in [2.75, 3.05) is 0 Å². The number of carbonyl (C=O) groups excluding carboxylic acids is 4. The number of nitrogens with zero attached hydrogens (tertiary/aromatic N) is 3. The van der Waals surface area contributed by atoms with Crippen molar-refractivity contribution in [2.24, 2.45) is 0 Å². The molecule has 0 aliphatic carbocycles. The Morgan fingerprint density at radius 3 is 1.07 bits per heavy atom. The van der Waals surface area contributed by atoms with E-state index in [0.29, 0.717) is 27.2 Å². The second-order valence-electron chi connectivity index (χ2n) is 18.6. The van der Waals surface area contributed by atoms with Crippen LogP contribution < -0.4 is 56.7 Å². The molecule has 2 rings (SSSR count). The van der Waals surface area contributed by atoms with E-state index < -0.39 is 15.8 Å². The van der Waals surface area contributed by atoms with Crippen molar-refractivity contribution in [3.05, 3.63) is 64.5 Å². The van der Waals surface area contributed by atoms with Gasteiger partial charge in [-0.25, -0.2) is 0 Å². The van der Waals surface area contributed by atoms with Crippen molar-refractivity contribution in [3.8, 4) is 0 Å². The maximum atomic E-state index is 7.75. The van der Waals surface area contributed by atoms with E-state index in [0.717, 1.165) is 30.3 Å². The number of pyridine rings is 2. The summed E-state index contributed by atoms with van der Waals surface area (Å²) in [6.07, 6.45) is 2.27. The topological polar surface area (TPSA) is 120 Å². The van der Waals surface area contributed by atoms with Gasteiger partial charge in [-0.15, -0.1) is 12.1 Å². The maximum absolute atomic E-state index is 7.75. The summed E-state index contributed by atoms with van der Waals surface area (Å²) in [4.78, 5) is 40.8. The zero-order valence-corrected chi connectivity index (χ0v) is 45.3. The third-order valence-corrected chi connectivity index (χ3v) is 16.3. The second-order valence-corrected chi connectivity index (χ2v) is 27.3. The maximum Gasteiger partial charge on any atom is 3.00 e. The summed E-state index contributed by atoms with van der Waals surface area (Å²) in [6.45, 7) is 56.1. The molecule has 0 aromatic carbocycles. The number of rotatable bonds is 8. The van der Waals surface area contributed by atoms with E-state index in [4.69, 9.17) is 34.5 Å². The van der Waals surface area contributed by atoms with Gasteiger partial charge in [-0.2, -0.15) is 0 Å². The Hall–Kier alpha value is 0.435. The molecular formula is C42H76KMn2N4O4P2+3. The van der Waals surface area contributed by atoms with Crippen molar-refractivity contribution in [1.82, 2.24) is 15.3 Å². The van der Waals surface area contributed by atoms with Crippen LogP contribution >= 0.6 is 15.8 Å². The summed E-state index contributed by atoms with van der Waals surface area (Å²) < 4.78 is 0. The fourth-order valence-electron chi connectivity index (χ4n) is 5.79. The smallest absolute Gasteiger partial charge is 1.00 e. The number of nitrogens with one attached hydrogen (secondary N) is 1. The van der Waals surface area contributed by atoms with E-state index >= 15 is 0 Å². The van der Waals surface area contributed by atoms with E-state index in [-0.39, 0.29) is 98.0 Å². The van der Waals surface area contributed by atoms with Gasteiger partial charge < -0.3 is 31.2 Å². The molecule has 0 fully saturated rings. The summed E-state index contributed by atoms with van der Waals surface area (Å²) in [7, 11) is -1.15. The van der Waals surface area contributed by atoms with Crippen molar-refractivity contribution in [1.29, 1.82) is 0 Å². The van der Waals surface area contributed by atoms with Crippen LogP contribution in [-0.4, -0.2) is 68.8 Å². The summed E-state index contributed by atoms with van der Waals surface area (Å²) in [5.41, 5.74) is 4.87. The van der Waals surface area contributed by atoms with Crippen LogP contribution in [0.2, 0.25) is 0 Å². The van der Waals surface area contributed by atoms with Crippen molar-refractivity contribution in [2.45, 2.75) is 182 Å². The van der Waals surface area contributed by atoms with Crippen molar-refractivity contribution in [3.63, 3.8) is 0 Å². The Kier molecular flexibility index (Phi) is 42.3. The Balaban J connectivity index is -0.000000109. The van der Waals surface area contributed by atoms with Crippen LogP contribution in [0.5, 0.6) is 0 Å². The average Bonchev–Trinajstić information content (AvgIpc) is 3.02. The SMILES string of the molecule is CC(C)(C)NCc1cccc(C[PH+](C(C)(C)C)C(C)(C)C)n1.CC(C)(C)[N-]Cc1cccc(C[PH+](C(C)(C)C)C(C)(C)C)n1.[CH-]=O.[CH-]=O.[CH-]=O.[CH-]=O.[H-].[K+].[Mn+3].[Mn+3]. The molecule has 0 spiro atoms. The molecule has 0 unspecified atom stereocenters. The molecule has 2 heterocycles. The molecule has 0 amide bonds. The first-order valence-electron chi connectivity index (χ1n) is 17.6. The molecule has 2 aromatic heterocycles. The molecule has 0 atom stereocenters. The fraction of sp³-hybridized carbons (Fsp3) is 0.667. The van der Waals surface area contributed by atoms with E-state index in [1.807, 2.05) is 0 Å². The van der Waals surface area contributed by atoms with Gasteiger partial charge in [0.2, 0.25) is 0 Å². The average molecular weight is 912 g/mol. The van der Waals surface area contributed by atoms with E-state index in [9.17, 15) is 0 Å². The third-order valence-electron chi connectivity index (χ3n) is 7.58. The third kappa shape index (κ3) is 36.0. The van der Waals surface area contributed by atoms with E-state index in [1.54, 1.807) is 0 Å². The van der Waals surface area contributed by atoms with Gasteiger partial charge in [-0.1, -0.05) is 32.9 Å². The van der Waals surface area contributed by atoms with Gasteiger partial charge in [0.25, 0.3) is 0 Å². The van der Waals surface area contributed by atoms with Gasteiger partial charge in [-0.05, 0) is 128 Å². The first kappa shape index (κ1) is 70.0. The number of hydrogen-bond donors (Lipinski definition) is 1. The molecule has 0 aliphatic heterocycles. The predicted octanol–water partition coefficient (Wildman–Crippen LogP) is 7.36. The van der Waals surface area contributed by atoms with Crippen LogP contribution in [0.25, 0.3) is 5.32 Å². The van der Waals surface area contributed by atoms with Crippen molar-refractivity contribution >= 4 is 43.0 Å². The molecule has 0 saturated heterocycles. The molecular weight excluding hydrogens is 835 g/mol. The van der Waals surface area contributed by atoms with Gasteiger partial charge in [0, 0.05) is 33.6 Å². The molecule has 1 N–H and O–H groups in total. The van der Waals surface area contributed by atoms with Crippen LogP contribution in [-0.2, 0) is 78.7 Å². The van der Waals surface area contributed by atoms with Crippen LogP contribution in [0.1, 0.15) is 149 Å². The van der Waals surface area contributed by atoms with Crippen LogP contribution in [0.3, 0.4) is 0 Å². The summed E-state index contributed by atoms with van der Waals surface area (Å²) in [6, 6.07) is 12.9. The Bertz CT molecular complexity index is 1120. The first-order chi connectivity index (χ1) is 23.6. The van der Waals surface area contributed by atoms with Crippen molar-refractivity contribution < 1.29 is 106 Å². The molecule has 13 heteroatoms. The quantitative estimate of drug-likeness (QED) is 0.127. The fourth-order valence-corrected chi connectivity index (χ4v) is 13.5. The van der Waals surface area contributed by atoms with E-state index in [1.165, 1.54) is 11.4 Å². The molecule has 2 aromatic rings. The normalized spacial score (nSPS) is 11.3. The van der Waals surface area contributed by atoms with Gasteiger partial charge in [0.05, 0.1) is 50.0 Å². The molecule has 310 valence electrons. The van der Waals surface area contributed by atoms with Crippen LogP contribution in [0.15, 0.2) is 36.4 Å². The minimum atomic E-state index is -0.580. The Labute approximate surface area is 406 Å². The van der Waals surface area contributed by atoms with Crippen LogP contribution in [0, 0.1) is 0 Å². The summed E-state index contributed by atoms with van der Waals surface area (Å²) in [5, 5.41) is 9.72. The molecule has 0 bridgehead atoms.